The van der Waals surface area contributed by atoms with E-state index in [0.29, 0.717) is 30.0 Å². The van der Waals surface area contributed by atoms with Crippen LogP contribution in [-0.2, 0) is 39.2 Å². The van der Waals surface area contributed by atoms with Crippen molar-refractivity contribution in [1.82, 2.24) is 25.1 Å². The summed E-state index contributed by atoms with van der Waals surface area (Å²) < 4.78 is 30.7. The zero-order valence-corrected chi connectivity index (χ0v) is 24.3. The average Bonchev–Trinajstić information content (AvgIpc) is 3.29. The number of aromatic nitrogens is 4. The van der Waals surface area contributed by atoms with Crippen molar-refractivity contribution in [2.45, 2.75) is 44.4 Å². The van der Waals surface area contributed by atoms with Gasteiger partial charge in [0.15, 0.2) is 9.84 Å². The molecule has 1 aliphatic rings. The molecule has 11 heteroatoms. The van der Waals surface area contributed by atoms with E-state index in [4.69, 9.17) is 9.72 Å². The van der Waals surface area contributed by atoms with E-state index in [1.165, 1.54) is 10.9 Å². The summed E-state index contributed by atoms with van der Waals surface area (Å²) in [5.74, 6) is -0.331. The molecule has 0 atom stereocenters. The quantitative estimate of drug-likeness (QED) is 0.244. The van der Waals surface area contributed by atoms with Gasteiger partial charge in [0, 0.05) is 34.3 Å². The number of pyridine rings is 1. The molecule has 1 aliphatic carbocycles. The fourth-order valence-corrected chi connectivity index (χ4v) is 6.21. The number of benzene rings is 2. The van der Waals surface area contributed by atoms with E-state index in [9.17, 15) is 13.2 Å². The topological polar surface area (TPSA) is 116 Å². The summed E-state index contributed by atoms with van der Waals surface area (Å²) in [6.07, 6.45) is 6.09. The largest absolute Gasteiger partial charge is 0.370 e. The van der Waals surface area contributed by atoms with Gasteiger partial charge in [0.2, 0.25) is 0 Å². The molecule has 6 rings (SSSR count). The van der Waals surface area contributed by atoms with Gasteiger partial charge in [0.05, 0.1) is 47.4 Å². The Morgan fingerprint density at radius 3 is 2.71 bits per heavy atom. The van der Waals surface area contributed by atoms with E-state index in [0.717, 1.165) is 46.1 Å². The minimum atomic E-state index is -3.24. The highest BCUT2D eigenvalue weighted by atomic mass is 32.2. The first kappa shape index (κ1) is 27.3. The molecule has 210 valence electrons. The minimum Gasteiger partial charge on any atom is -0.370 e. The molecule has 3 heterocycles. The molecule has 0 bridgehead atoms. The Morgan fingerprint density at radius 2 is 1.98 bits per heavy atom. The number of hydrogen-bond donors (Lipinski definition) is 1. The highest BCUT2D eigenvalue weighted by Gasteiger charge is 2.47. The van der Waals surface area contributed by atoms with Crippen molar-refractivity contribution in [3.63, 3.8) is 0 Å². The Labute approximate surface area is 242 Å². The number of nitrogens with one attached hydrogen (secondary N) is 1. The molecule has 1 amide bonds. The predicted molar refractivity (Wildman–Crippen MR) is 158 cm³/mol. The minimum absolute atomic E-state index is 0.127. The molecule has 2 aromatic carbocycles. The number of carbonyl (C=O) groups excluding carboxylic acids is 1. The zero-order valence-electron chi connectivity index (χ0n) is 22.7. The van der Waals surface area contributed by atoms with Crippen LogP contribution in [0.1, 0.15) is 45.6 Å². The Hall–Kier alpha value is -3.93. The second-order valence-corrected chi connectivity index (χ2v) is 13.4. The molecule has 1 fully saturated rings. The molecule has 9 nitrogen and oxygen atoms in total. The molecule has 5 aromatic rings. The number of carbonyl (C=O) groups is 1. The number of amides is 1. The number of sulfone groups is 1. The fourth-order valence-electron chi connectivity index (χ4n) is 5.05. The maximum Gasteiger partial charge on any atom is 0.252 e. The molecule has 0 saturated heterocycles. The lowest BCUT2D eigenvalue weighted by atomic mass is 9.96. The lowest BCUT2D eigenvalue weighted by Crippen LogP contribution is -2.35. The lowest BCUT2D eigenvalue weighted by molar-refractivity contribution is 0.0929. The number of rotatable bonds is 10. The maximum atomic E-state index is 13.6. The fraction of sp³-hybridized carbons (Fsp3) is 0.267. The van der Waals surface area contributed by atoms with E-state index in [2.05, 4.69) is 15.4 Å². The Balaban J connectivity index is 1.24. The number of ether oxygens (including phenoxy) is 1. The number of para-hydroxylation sites is 1. The van der Waals surface area contributed by atoms with E-state index >= 15 is 0 Å². The Bertz CT molecular complexity index is 1840. The molecule has 3 aromatic heterocycles. The summed E-state index contributed by atoms with van der Waals surface area (Å²) in [6.45, 7) is 2.83. The summed E-state index contributed by atoms with van der Waals surface area (Å²) in [5, 5.41) is 10.5. The van der Waals surface area contributed by atoms with Crippen molar-refractivity contribution in [2.24, 2.45) is 0 Å². The highest BCUT2D eigenvalue weighted by molar-refractivity contribution is 7.89. The molecular weight excluding hydrogens is 558 g/mol. The van der Waals surface area contributed by atoms with Gasteiger partial charge < -0.3 is 10.1 Å². The molecule has 0 aliphatic heterocycles. The molecule has 1 N–H and O–H groups in total. The standard InChI is InChI=1S/C30H29N5O4S2/c1-20-11-21(15-39-16-23-17-40-18-31-23)7-8-24(20)29(36)34-30(9-10-30)26-12-28(33-27-6-4-3-5-25(26)27)22-13-32-35(14-22)19-41(2,37)38/h3-8,11-14,17-18H,9-10,15-16,19H2,1-2H3,(H,34,36). The van der Waals surface area contributed by atoms with Gasteiger partial charge in [-0.2, -0.15) is 5.10 Å². The third kappa shape index (κ3) is 6.07. The molecule has 0 spiro atoms. The van der Waals surface area contributed by atoms with Crippen LogP contribution >= 0.6 is 11.3 Å². The monoisotopic (exact) mass is 587 g/mol. The third-order valence-electron chi connectivity index (χ3n) is 7.17. The molecule has 41 heavy (non-hydrogen) atoms. The Kier molecular flexibility index (Phi) is 7.18. The van der Waals surface area contributed by atoms with Crippen LogP contribution in [0.4, 0.5) is 0 Å². The van der Waals surface area contributed by atoms with E-state index in [-0.39, 0.29) is 11.8 Å². The number of aryl methyl sites for hydroxylation is 1. The highest BCUT2D eigenvalue weighted by Crippen LogP contribution is 2.48. The second kappa shape index (κ2) is 10.8. The number of thiazole rings is 1. The molecule has 1 saturated carbocycles. The van der Waals surface area contributed by atoms with E-state index < -0.39 is 15.4 Å². The first-order valence-corrected chi connectivity index (χ1v) is 16.2. The van der Waals surface area contributed by atoms with Gasteiger partial charge in [0.1, 0.15) is 5.88 Å². The number of fused-ring (bicyclic) bond motifs is 1. The van der Waals surface area contributed by atoms with Gasteiger partial charge in [-0.1, -0.05) is 30.3 Å². The predicted octanol–water partition coefficient (Wildman–Crippen LogP) is 5.00. The molecular formula is C30H29N5O4S2. The Morgan fingerprint density at radius 1 is 1.15 bits per heavy atom. The van der Waals surface area contributed by atoms with Gasteiger partial charge in [-0.25, -0.2) is 18.4 Å². The summed E-state index contributed by atoms with van der Waals surface area (Å²) in [6, 6.07) is 15.6. The first-order chi connectivity index (χ1) is 19.7. The van der Waals surface area contributed by atoms with Gasteiger partial charge in [-0.3, -0.25) is 9.48 Å². The van der Waals surface area contributed by atoms with Gasteiger partial charge in [-0.15, -0.1) is 11.3 Å². The van der Waals surface area contributed by atoms with Gasteiger partial charge in [0.25, 0.3) is 5.91 Å². The van der Waals surface area contributed by atoms with Crippen LogP contribution in [0.2, 0.25) is 0 Å². The van der Waals surface area contributed by atoms with Crippen LogP contribution in [0.5, 0.6) is 0 Å². The number of nitrogens with zero attached hydrogens (tertiary/aromatic N) is 4. The van der Waals surface area contributed by atoms with Crippen molar-refractivity contribution in [1.29, 1.82) is 0 Å². The van der Waals surface area contributed by atoms with E-state index in [1.807, 2.05) is 60.8 Å². The second-order valence-electron chi connectivity index (χ2n) is 10.6. The van der Waals surface area contributed by atoms with Crippen molar-refractivity contribution in [2.75, 3.05) is 6.26 Å². The summed E-state index contributed by atoms with van der Waals surface area (Å²) in [7, 11) is -3.24. The van der Waals surface area contributed by atoms with Crippen LogP contribution in [0.25, 0.3) is 22.2 Å². The van der Waals surface area contributed by atoms with Crippen molar-refractivity contribution < 1.29 is 17.9 Å². The number of hydrogen-bond acceptors (Lipinski definition) is 8. The maximum absolute atomic E-state index is 13.6. The first-order valence-electron chi connectivity index (χ1n) is 13.2. The van der Waals surface area contributed by atoms with Crippen LogP contribution in [-0.4, -0.2) is 40.3 Å². The van der Waals surface area contributed by atoms with Crippen LogP contribution in [0.15, 0.2) is 71.8 Å². The normalized spacial score (nSPS) is 14.3. The summed E-state index contributed by atoms with van der Waals surface area (Å²) >= 11 is 1.54. The summed E-state index contributed by atoms with van der Waals surface area (Å²) in [4.78, 5) is 22.6. The third-order valence-corrected chi connectivity index (χ3v) is 8.54. The molecule has 0 unspecified atom stereocenters. The van der Waals surface area contributed by atoms with Crippen molar-refractivity contribution in [3.8, 4) is 11.3 Å². The lowest BCUT2D eigenvalue weighted by Gasteiger charge is -2.21. The average molecular weight is 588 g/mol. The van der Waals surface area contributed by atoms with E-state index in [1.54, 1.807) is 29.2 Å². The van der Waals surface area contributed by atoms with Crippen LogP contribution in [0, 0.1) is 6.92 Å². The van der Waals surface area contributed by atoms with Gasteiger partial charge in [-0.05, 0) is 54.7 Å². The van der Waals surface area contributed by atoms with Crippen LogP contribution < -0.4 is 5.32 Å². The SMILES string of the molecule is Cc1cc(COCc2cscn2)ccc1C(=O)NC1(c2cc(-c3cnn(CS(C)(=O)=O)c3)nc3ccccc23)CC1. The van der Waals surface area contributed by atoms with Crippen molar-refractivity contribution >= 4 is 38.0 Å². The zero-order chi connectivity index (χ0) is 28.6. The van der Waals surface area contributed by atoms with Gasteiger partial charge >= 0.3 is 0 Å². The summed E-state index contributed by atoms with van der Waals surface area (Å²) in [5.41, 5.74) is 7.87. The smallest absolute Gasteiger partial charge is 0.252 e. The van der Waals surface area contributed by atoms with Crippen LogP contribution in [0.3, 0.4) is 0 Å². The van der Waals surface area contributed by atoms with Crippen molar-refractivity contribution in [3.05, 3.63) is 99.8 Å². The molecule has 0 radical (unpaired) electrons.